The van der Waals surface area contributed by atoms with Crippen LogP contribution in [0.5, 0.6) is 11.5 Å². The van der Waals surface area contributed by atoms with Crippen LogP contribution in [-0.4, -0.2) is 11.7 Å². The van der Waals surface area contributed by atoms with Gasteiger partial charge in [0.1, 0.15) is 17.3 Å². The van der Waals surface area contributed by atoms with Crippen LogP contribution in [0.3, 0.4) is 0 Å². The number of rotatable bonds is 9. The first-order valence-corrected chi connectivity index (χ1v) is 20.7. The molecule has 5 nitrogen and oxygen atoms in total. The molecule has 0 saturated carbocycles. The lowest BCUT2D eigenvalue weighted by molar-refractivity contribution is 0.482. The lowest BCUT2D eigenvalue weighted by Gasteiger charge is -2.34. The molecule has 1 aliphatic rings. The van der Waals surface area contributed by atoms with Crippen molar-refractivity contribution in [3.8, 4) is 22.6 Å². The predicted octanol–water partition coefficient (Wildman–Crippen LogP) is 14.8. The number of hydrogen-bond donors (Lipinski definition) is 0. The average Bonchev–Trinajstić information content (AvgIpc) is 3.61. The van der Waals surface area contributed by atoms with Crippen LogP contribution >= 0.6 is 0 Å². The van der Waals surface area contributed by atoms with Crippen molar-refractivity contribution in [2.24, 2.45) is 11.3 Å². The molecule has 7 rings (SSSR count). The zero-order valence-corrected chi connectivity index (χ0v) is 36.3. The maximum Gasteiger partial charge on any atom is 0.137 e. The molecule has 0 saturated heterocycles. The highest BCUT2D eigenvalue weighted by atomic mass is 16.5. The van der Waals surface area contributed by atoms with E-state index in [0.29, 0.717) is 6.67 Å². The number of aromatic nitrogens is 1. The molecule has 0 aliphatic carbocycles. The molecule has 58 heavy (non-hydrogen) atoms. The Hall–Kier alpha value is -5.81. The van der Waals surface area contributed by atoms with E-state index in [1.807, 2.05) is 36.5 Å². The molecule has 5 heteroatoms. The Labute approximate surface area is 347 Å². The van der Waals surface area contributed by atoms with Crippen molar-refractivity contribution >= 4 is 28.6 Å². The number of ether oxygens (including phenoxy) is 1. The van der Waals surface area contributed by atoms with Gasteiger partial charge in [-0.3, -0.25) is 4.90 Å². The summed E-state index contributed by atoms with van der Waals surface area (Å²) in [5.74, 6) is 2.63. The molecule has 0 spiro atoms. The molecule has 2 heterocycles. The van der Waals surface area contributed by atoms with Crippen molar-refractivity contribution < 1.29 is 4.74 Å². The minimum Gasteiger partial charge on any atom is -0.457 e. The second kappa shape index (κ2) is 15.9. The zero-order valence-electron chi connectivity index (χ0n) is 36.3. The van der Waals surface area contributed by atoms with Gasteiger partial charge in [-0.1, -0.05) is 143 Å². The molecule has 0 atom stereocenters. The predicted molar refractivity (Wildman–Crippen MR) is 246 cm³/mol. The highest BCUT2D eigenvalue weighted by molar-refractivity contribution is 5.77. The van der Waals surface area contributed by atoms with Crippen molar-refractivity contribution in [1.29, 1.82) is 0 Å². The van der Waals surface area contributed by atoms with Gasteiger partial charge in [0.2, 0.25) is 0 Å². The maximum absolute atomic E-state index is 6.91. The molecule has 5 aromatic carbocycles. The molecule has 1 aromatic heterocycles. The van der Waals surface area contributed by atoms with Gasteiger partial charge in [0.25, 0.3) is 0 Å². The van der Waals surface area contributed by atoms with E-state index < -0.39 is 0 Å². The summed E-state index contributed by atoms with van der Waals surface area (Å²) in [6.45, 7) is 26.3. The molecule has 298 valence electrons. The van der Waals surface area contributed by atoms with E-state index in [9.17, 15) is 0 Å². The number of allylic oxidation sites excluding steroid dienone is 2. The molecule has 0 N–H and O–H groups in total. The third-order valence-corrected chi connectivity index (χ3v) is 10.8. The van der Waals surface area contributed by atoms with Crippen LogP contribution in [0.2, 0.25) is 0 Å². The fraction of sp³-hybridized carbons (Fsp3) is 0.302. The number of anilines is 5. The summed E-state index contributed by atoms with van der Waals surface area (Å²) < 4.78 is 6.91. The van der Waals surface area contributed by atoms with Gasteiger partial charge >= 0.3 is 0 Å². The summed E-state index contributed by atoms with van der Waals surface area (Å²) in [7, 11) is 0. The van der Waals surface area contributed by atoms with Gasteiger partial charge < -0.3 is 14.5 Å². The molecule has 0 radical (unpaired) electrons. The number of nitrogens with zero attached hydrogens (tertiary/aromatic N) is 4. The first-order chi connectivity index (χ1) is 27.5. The van der Waals surface area contributed by atoms with Crippen LogP contribution in [-0.2, 0) is 10.8 Å². The molecule has 1 aliphatic heterocycles. The quantitative estimate of drug-likeness (QED) is 0.146. The van der Waals surface area contributed by atoms with E-state index in [-0.39, 0.29) is 22.2 Å². The van der Waals surface area contributed by atoms with Crippen LogP contribution in [0.15, 0.2) is 157 Å². The fourth-order valence-corrected chi connectivity index (χ4v) is 7.89. The smallest absolute Gasteiger partial charge is 0.137 e. The van der Waals surface area contributed by atoms with Gasteiger partial charge in [-0.25, -0.2) is 4.98 Å². The molecule has 0 bridgehead atoms. The Morgan fingerprint density at radius 3 is 1.72 bits per heavy atom. The zero-order chi connectivity index (χ0) is 41.4. The van der Waals surface area contributed by atoms with Crippen LogP contribution in [0.4, 0.5) is 28.6 Å². The summed E-state index contributed by atoms with van der Waals surface area (Å²) in [5.41, 5.74) is 11.8. The van der Waals surface area contributed by atoms with Crippen molar-refractivity contribution in [3.63, 3.8) is 0 Å². The molecule has 0 fully saturated rings. The largest absolute Gasteiger partial charge is 0.457 e. The minimum atomic E-state index is -0.122. The highest BCUT2D eigenvalue weighted by Gasteiger charge is 2.39. The van der Waals surface area contributed by atoms with Crippen LogP contribution < -0.4 is 19.4 Å². The van der Waals surface area contributed by atoms with Gasteiger partial charge in [-0.05, 0) is 99.7 Å². The maximum atomic E-state index is 6.91. The molecule has 0 unspecified atom stereocenters. The lowest BCUT2D eigenvalue weighted by atomic mass is 9.80. The molecular weight excluding hydrogens is 709 g/mol. The van der Waals surface area contributed by atoms with E-state index in [1.54, 1.807) is 0 Å². The Balaban J connectivity index is 1.35. The summed E-state index contributed by atoms with van der Waals surface area (Å²) in [5, 5.41) is 0. The first kappa shape index (κ1) is 40.4. The van der Waals surface area contributed by atoms with Crippen molar-refractivity contribution in [2.75, 3.05) is 21.4 Å². The van der Waals surface area contributed by atoms with Crippen LogP contribution in [0, 0.1) is 11.3 Å². The van der Waals surface area contributed by atoms with Crippen molar-refractivity contribution in [1.82, 2.24) is 4.98 Å². The fourth-order valence-electron chi connectivity index (χ4n) is 7.89. The van der Waals surface area contributed by atoms with E-state index in [2.05, 4.69) is 200 Å². The standard InChI is InChI=1S/C53H60N4O/c1-37(2)49-50(53(9,10)11)56(45-32-40(51(3,4)5)31-41(33-45)52(6,7)8)36-55(49)44-29-39(38-21-14-12-15-22-38)30-47(35-44)58-46-26-20-25-43(34-46)57(42-23-16-13-17-24-42)48-27-18-19-28-54-48/h12-35,37H,36H2,1-11H3. The summed E-state index contributed by atoms with van der Waals surface area (Å²) >= 11 is 0. The third kappa shape index (κ3) is 8.69. The Kier molecular flexibility index (Phi) is 11.0. The number of pyridine rings is 1. The highest BCUT2D eigenvalue weighted by Crippen LogP contribution is 2.47. The summed E-state index contributed by atoms with van der Waals surface area (Å²) in [4.78, 5) is 12.0. The lowest BCUT2D eigenvalue weighted by Crippen LogP contribution is -2.31. The molecule has 0 amide bonds. The SMILES string of the molecule is CC(C)C1=C(C(C)(C)C)N(c2cc(C(C)(C)C)cc(C(C)(C)C)c2)CN1c1cc(Oc2cccc(N(c3ccccc3)c3ccccn3)c2)cc(-c2ccccc2)c1. The van der Waals surface area contributed by atoms with Crippen LogP contribution in [0.25, 0.3) is 11.1 Å². The van der Waals surface area contributed by atoms with Crippen molar-refractivity contribution in [3.05, 3.63) is 168 Å². The normalized spacial score (nSPS) is 13.7. The minimum absolute atomic E-state index is 0.00516. The van der Waals surface area contributed by atoms with E-state index >= 15 is 0 Å². The number of para-hydroxylation sites is 1. The Morgan fingerprint density at radius 1 is 0.534 bits per heavy atom. The molecule has 6 aromatic rings. The molecular formula is C53H60N4O. The third-order valence-electron chi connectivity index (χ3n) is 10.8. The van der Waals surface area contributed by atoms with E-state index in [0.717, 1.165) is 45.5 Å². The monoisotopic (exact) mass is 768 g/mol. The Morgan fingerprint density at radius 2 is 1.14 bits per heavy atom. The van der Waals surface area contributed by atoms with Gasteiger partial charge in [-0.2, -0.15) is 0 Å². The van der Waals surface area contributed by atoms with Crippen LogP contribution in [0.1, 0.15) is 87.3 Å². The van der Waals surface area contributed by atoms with Gasteiger partial charge in [0, 0.05) is 52.2 Å². The van der Waals surface area contributed by atoms with Gasteiger partial charge in [0.15, 0.2) is 0 Å². The van der Waals surface area contributed by atoms with Gasteiger partial charge in [0.05, 0.1) is 12.4 Å². The second-order valence-corrected chi connectivity index (χ2v) is 18.9. The van der Waals surface area contributed by atoms with Crippen molar-refractivity contribution in [2.45, 2.75) is 87.0 Å². The number of hydrogen-bond acceptors (Lipinski definition) is 5. The second-order valence-electron chi connectivity index (χ2n) is 18.9. The average molecular weight is 769 g/mol. The van der Waals surface area contributed by atoms with E-state index in [4.69, 9.17) is 9.72 Å². The van der Waals surface area contributed by atoms with E-state index in [1.165, 1.54) is 28.2 Å². The summed E-state index contributed by atoms with van der Waals surface area (Å²) in [6, 6.07) is 49.2. The number of benzene rings is 5. The van der Waals surface area contributed by atoms with Gasteiger partial charge in [-0.15, -0.1) is 0 Å². The Bertz CT molecular complexity index is 2310. The topological polar surface area (TPSA) is 31.8 Å². The summed E-state index contributed by atoms with van der Waals surface area (Å²) in [6.07, 6.45) is 1.83. The first-order valence-electron chi connectivity index (χ1n) is 20.7.